The van der Waals surface area contributed by atoms with E-state index in [2.05, 4.69) is 16.6 Å². The monoisotopic (exact) mass is 445 g/mol. The molecular formula is C25H27N5O3. The lowest BCUT2D eigenvalue weighted by molar-refractivity contribution is -0.519. The van der Waals surface area contributed by atoms with E-state index in [1.807, 2.05) is 49.4 Å². The Morgan fingerprint density at radius 3 is 2.52 bits per heavy atom. The molecule has 3 aromatic rings. The van der Waals surface area contributed by atoms with Crippen molar-refractivity contribution in [2.24, 2.45) is 5.11 Å². The number of imidazole rings is 1. The molecule has 1 aromatic heterocycles. The van der Waals surface area contributed by atoms with Gasteiger partial charge in [-0.1, -0.05) is 55.5 Å². The van der Waals surface area contributed by atoms with Gasteiger partial charge in [-0.25, -0.2) is 10.5 Å². The summed E-state index contributed by atoms with van der Waals surface area (Å²) in [7, 11) is 0. The second-order valence-corrected chi connectivity index (χ2v) is 8.76. The Balaban J connectivity index is 1.48. The first-order valence-corrected chi connectivity index (χ1v) is 11.2. The minimum atomic E-state index is -1.27. The minimum Gasteiger partial charge on any atom is -0.378 e. The summed E-state index contributed by atoms with van der Waals surface area (Å²) >= 11 is 0. The summed E-state index contributed by atoms with van der Waals surface area (Å²) in [6, 6.07) is 15.6. The van der Waals surface area contributed by atoms with Crippen LogP contribution in [0.25, 0.3) is 11.1 Å². The van der Waals surface area contributed by atoms with Crippen molar-refractivity contribution in [3.8, 4) is 11.1 Å². The molecule has 33 heavy (non-hydrogen) atoms. The number of rotatable bonds is 6. The molecule has 2 aromatic carbocycles. The third-order valence-electron chi connectivity index (χ3n) is 6.50. The van der Waals surface area contributed by atoms with Crippen LogP contribution in [0.4, 0.5) is 0 Å². The van der Waals surface area contributed by atoms with Crippen molar-refractivity contribution in [3.05, 3.63) is 76.9 Å². The van der Waals surface area contributed by atoms with E-state index in [-0.39, 0.29) is 12.1 Å². The van der Waals surface area contributed by atoms with Crippen LogP contribution in [0, 0.1) is 10.9 Å². The van der Waals surface area contributed by atoms with E-state index < -0.39 is 11.4 Å². The summed E-state index contributed by atoms with van der Waals surface area (Å²) in [5, 5.41) is 22.3. The normalized spacial score (nSPS) is 25.3. The fourth-order valence-corrected chi connectivity index (χ4v) is 4.87. The van der Waals surface area contributed by atoms with Gasteiger partial charge >= 0.3 is 0 Å². The molecule has 8 nitrogen and oxygen atoms in total. The molecule has 1 fully saturated rings. The number of aliphatic hydroxyl groups is 1. The number of hydrogen-bond acceptors (Lipinski definition) is 6. The Bertz CT molecular complexity index is 1240. The van der Waals surface area contributed by atoms with Crippen LogP contribution in [-0.2, 0) is 33.8 Å². The maximum atomic E-state index is 11.0. The van der Waals surface area contributed by atoms with Gasteiger partial charge in [-0.2, -0.15) is 0 Å². The maximum absolute atomic E-state index is 11.0. The molecule has 1 aliphatic heterocycles. The summed E-state index contributed by atoms with van der Waals surface area (Å²) in [6.45, 7) is 6.20. The Kier molecular flexibility index (Phi) is 5.04. The van der Waals surface area contributed by atoms with Crippen molar-refractivity contribution in [2.45, 2.75) is 57.8 Å². The average molecular weight is 446 g/mol. The van der Waals surface area contributed by atoms with Gasteiger partial charge in [0.1, 0.15) is 17.2 Å². The number of ether oxygens (including phenoxy) is 2. The quantitative estimate of drug-likeness (QED) is 0.290. The van der Waals surface area contributed by atoms with Gasteiger partial charge in [-0.05, 0) is 37.0 Å². The Morgan fingerprint density at radius 1 is 1.18 bits per heavy atom. The zero-order valence-electron chi connectivity index (χ0n) is 18.9. The highest BCUT2D eigenvalue weighted by molar-refractivity contribution is 6.02. The number of fused-ring (bicyclic) bond motifs is 2. The molecule has 1 unspecified atom stereocenters. The molecule has 0 bridgehead atoms. The molecule has 2 aliphatic rings. The molecule has 170 valence electrons. The maximum Gasteiger partial charge on any atom is 0.252 e. The van der Waals surface area contributed by atoms with Gasteiger partial charge in [0, 0.05) is 18.5 Å². The van der Waals surface area contributed by atoms with Gasteiger partial charge in [0.2, 0.25) is 0 Å². The lowest BCUT2D eigenvalue weighted by Gasteiger charge is -2.59. The van der Waals surface area contributed by atoms with Crippen LogP contribution in [0.1, 0.15) is 55.5 Å². The zero-order valence-corrected chi connectivity index (χ0v) is 18.9. The van der Waals surface area contributed by atoms with E-state index in [9.17, 15) is 5.11 Å². The van der Waals surface area contributed by atoms with Gasteiger partial charge in [-0.15, -0.1) is 5.11 Å². The molecule has 0 amide bonds. The second kappa shape index (κ2) is 7.69. The van der Waals surface area contributed by atoms with E-state index in [0.717, 1.165) is 41.1 Å². The zero-order chi connectivity index (χ0) is 23.4. The van der Waals surface area contributed by atoms with Crippen LogP contribution in [0.2, 0.25) is 0 Å². The van der Waals surface area contributed by atoms with Gasteiger partial charge in [0.05, 0.1) is 0 Å². The van der Waals surface area contributed by atoms with Crippen molar-refractivity contribution in [2.75, 3.05) is 0 Å². The van der Waals surface area contributed by atoms with Crippen LogP contribution < -0.4 is 0 Å². The molecule has 0 radical (unpaired) electrons. The van der Waals surface area contributed by atoms with Crippen LogP contribution in [0.5, 0.6) is 0 Å². The Hall–Kier alpha value is -3.20. The van der Waals surface area contributed by atoms with Crippen LogP contribution in [0.15, 0.2) is 53.6 Å². The summed E-state index contributed by atoms with van der Waals surface area (Å²) in [5.41, 5.74) is 10.9. The number of benzene rings is 2. The Morgan fingerprint density at radius 2 is 1.88 bits per heavy atom. The van der Waals surface area contributed by atoms with Crippen LogP contribution in [0.3, 0.4) is 0 Å². The number of nitrogens with one attached hydrogen (secondary N) is 2. The third kappa shape index (κ3) is 3.09. The Labute approximate surface area is 192 Å². The molecule has 1 atom stereocenters. The van der Waals surface area contributed by atoms with Crippen molar-refractivity contribution in [1.29, 1.82) is 10.9 Å². The first-order chi connectivity index (χ1) is 15.8. The van der Waals surface area contributed by atoms with E-state index >= 15 is 0 Å². The molecule has 1 saturated heterocycles. The van der Waals surface area contributed by atoms with Gasteiger partial charge < -0.3 is 19.1 Å². The molecule has 1 aliphatic carbocycles. The number of hydrogen-bond donors (Lipinski definition) is 3. The summed E-state index contributed by atoms with van der Waals surface area (Å²) in [4.78, 5) is 4.74. The summed E-state index contributed by atoms with van der Waals surface area (Å²) in [6.07, 6.45) is 1.36. The molecule has 2 heterocycles. The third-order valence-corrected chi connectivity index (χ3v) is 6.50. The van der Waals surface area contributed by atoms with Crippen molar-refractivity contribution in [3.63, 3.8) is 0 Å². The topological polar surface area (TPSA) is 117 Å². The van der Waals surface area contributed by atoms with E-state index in [1.54, 1.807) is 13.0 Å². The predicted octanol–water partition coefficient (Wildman–Crippen LogP) is 4.67. The number of aromatic nitrogens is 2. The molecule has 0 saturated carbocycles. The van der Waals surface area contributed by atoms with E-state index in [4.69, 9.17) is 25.4 Å². The number of amidine groups is 1. The highest BCUT2D eigenvalue weighted by Gasteiger charge is 2.72. The average Bonchev–Trinajstić information content (AvgIpc) is 3.13. The largest absolute Gasteiger partial charge is 0.378 e. The molecule has 3 N–H and O–H groups in total. The molecule has 8 heteroatoms. The predicted molar refractivity (Wildman–Crippen MR) is 122 cm³/mol. The highest BCUT2D eigenvalue weighted by Crippen LogP contribution is 2.61. The lowest BCUT2D eigenvalue weighted by Crippen LogP contribution is -2.69. The molecule has 5 rings (SSSR count). The fourth-order valence-electron chi connectivity index (χ4n) is 4.87. The summed E-state index contributed by atoms with van der Waals surface area (Å²) < 4.78 is 14.0. The van der Waals surface area contributed by atoms with E-state index in [0.29, 0.717) is 17.8 Å². The standard InChI is InChI=1S/C25H27N5O3/c1-4-7-20-28-21-22(25(24(21,3)31)32-15(2)33-25)30(20)14-16-10-12-17(13-11-16)18-8-5-6-9-19(18)23(26)29-27/h5-6,8-13,15,26-27,31H,4,7,14H2,1-3H3. The number of aryl methyl sites for hydroxylation is 1. The van der Waals surface area contributed by atoms with Crippen molar-refractivity contribution < 1.29 is 14.6 Å². The van der Waals surface area contributed by atoms with Crippen molar-refractivity contribution in [1.82, 2.24) is 9.55 Å². The number of nitrogens with zero attached hydrogens (tertiary/aromatic N) is 3. The van der Waals surface area contributed by atoms with Gasteiger partial charge in [-0.3, -0.25) is 5.41 Å². The SMILES string of the molecule is CCCc1nc2c(n1Cc1ccc(-c3ccccc3C(=N)N=N)cc1)C1(OC(C)O1)C2(C)O. The van der Waals surface area contributed by atoms with E-state index in [1.165, 1.54) is 0 Å². The van der Waals surface area contributed by atoms with Crippen molar-refractivity contribution >= 4 is 5.84 Å². The first-order valence-electron chi connectivity index (χ1n) is 11.2. The van der Waals surface area contributed by atoms with Gasteiger partial charge in [0.25, 0.3) is 5.79 Å². The fraction of sp³-hybridized carbons (Fsp3) is 0.360. The lowest BCUT2D eigenvalue weighted by atomic mass is 9.74. The summed E-state index contributed by atoms with van der Waals surface area (Å²) in [5.74, 6) is -0.310. The molecular weight excluding hydrogens is 418 g/mol. The second-order valence-electron chi connectivity index (χ2n) is 8.76. The minimum absolute atomic E-state index is 0.0660. The first kappa shape index (κ1) is 21.6. The van der Waals surface area contributed by atoms with Gasteiger partial charge in [0.15, 0.2) is 17.7 Å². The molecule has 1 spiro atoms. The van der Waals surface area contributed by atoms with Crippen LogP contribution >= 0.6 is 0 Å². The highest BCUT2D eigenvalue weighted by atomic mass is 16.9. The van der Waals surface area contributed by atoms with Crippen LogP contribution in [-0.4, -0.2) is 26.8 Å². The smallest absolute Gasteiger partial charge is 0.252 e.